The summed E-state index contributed by atoms with van der Waals surface area (Å²) < 4.78 is 0. The zero-order valence-electron chi connectivity index (χ0n) is 9.87. The van der Waals surface area contributed by atoms with Crippen molar-refractivity contribution in [3.63, 3.8) is 0 Å². The van der Waals surface area contributed by atoms with Gasteiger partial charge in [-0.05, 0) is 38.4 Å². The molecule has 1 aromatic carbocycles. The van der Waals surface area contributed by atoms with E-state index in [2.05, 4.69) is 17.6 Å². The predicted molar refractivity (Wildman–Crippen MR) is 69.4 cm³/mol. The third-order valence-corrected chi connectivity index (χ3v) is 3.53. The zero-order chi connectivity index (χ0) is 12.3. The maximum absolute atomic E-state index is 12.1. The maximum atomic E-state index is 12.1. The third kappa shape index (κ3) is 2.99. The SMILES string of the molecule is CC1NCCCC1NC(=O)c1ccccc1Cl. The van der Waals surface area contributed by atoms with E-state index in [4.69, 9.17) is 11.6 Å². The van der Waals surface area contributed by atoms with Crippen LogP contribution in [0.4, 0.5) is 0 Å². The summed E-state index contributed by atoms with van der Waals surface area (Å²) in [7, 11) is 0. The highest BCUT2D eigenvalue weighted by atomic mass is 35.5. The quantitative estimate of drug-likeness (QED) is 0.847. The molecule has 2 atom stereocenters. The van der Waals surface area contributed by atoms with Gasteiger partial charge < -0.3 is 10.6 Å². The van der Waals surface area contributed by atoms with Crippen LogP contribution in [0, 0.1) is 0 Å². The molecule has 0 radical (unpaired) electrons. The minimum Gasteiger partial charge on any atom is -0.348 e. The van der Waals surface area contributed by atoms with Gasteiger partial charge in [-0.3, -0.25) is 4.79 Å². The number of carbonyl (C=O) groups excluding carboxylic acids is 1. The molecular weight excluding hydrogens is 236 g/mol. The number of hydrogen-bond acceptors (Lipinski definition) is 2. The number of carbonyl (C=O) groups is 1. The lowest BCUT2D eigenvalue weighted by atomic mass is 9.99. The van der Waals surface area contributed by atoms with Crippen molar-refractivity contribution in [2.24, 2.45) is 0 Å². The molecule has 0 saturated carbocycles. The van der Waals surface area contributed by atoms with Gasteiger partial charge in [-0.15, -0.1) is 0 Å². The van der Waals surface area contributed by atoms with Gasteiger partial charge in [-0.25, -0.2) is 0 Å². The second kappa shape index (κ2) is 5.52. The van der Waals surface area contributed by atoms with Crippen molar-refractivity contribution >= 4 is 17.5 Å². The van der Waals surface area contributed by atoms with Crippen LogP contribution in [0.5, 0.6) is 0 Å². The number of amides is 1. The van der Waals surface area contributed by atoms with E-state index in [0.717, 1.165) is 19.4 Å². The lowest BCUT2D eigenvalue weighted by Gasteiger charge is -2.30. The molecule has 0 bridgehead atoms. The molecule has 0 aromatic heterocycles. The molecule has 2 unspecified atom stereocenters. The summed E-state index contributed by atoms with van der Waals surface area (Å²) in [5.41, 5.74) is 0.548. The average Bonchev–Trinajstić information content (AvgIpc) is 2.32. The molecule has 0 aliphatic carbocycles. The van der Waals surface area contributed by atoms with Gasteiger partial charge in [-0.2, -0.15) is 0 Å². The fraction of sp³-hybridized carbons (Fsp3) is 0.462. The molecule has 1 heterocycles. The van der Waals surface area contributed by atoms with E-state index in [1.807, 2.05) is 12.1 Å². The molecule has 1 aliphatic rings. The van der Waals surface area contributed by atoms with Crippen molar-refractivity contribution in [2.75, 3.05) is 6.54 Å². The van der Waals surface area contributed by atoms with Gasteiger partial charge in [0.05, 0.1) is 10.6 Å². The second-order valence-electron chi connectivity index (χ2n) is 4.44. The smallest absolute Gasteiger partial charge is 0.253 e. The lowest BCUT2D eigenvalue weighted by molar-refractivity contribution is 0.0920. The maximum Gasteiger partial charge on any atom is 0.253 e. The van der Waals surface area contributed by atoms with E-state index in [0.29, 0.717) is 16.6 Å². The van der Waals surface area contributed by atoms with E-state index >= 15 is 0 Å². The molecule has 2 N–H and O–H groups in total. The van der Waals surface area contributed by atoms with E-state index in [-0.39, 0.29) is 11.9 Å². The van der Waals surface area contributed by atoms with Crippen LogP contribution in [-0.2, 0) is 0 Å². The summed E-state index contributed by atoms with van der Waals surface area (Å²) in [4.78, 5) is 12.1. The number of rotatable bonds is 2. The minimum absolute atomic E-state index is 0.0869. The highest BCUT2D eigenvalue weighted by Gasteiger charge is 2.23. The molecule has 0 spiro atoms. The fourth-order valence-corrected chi connectivity index (χ4v) is 2.35. The number of benzene rings is 1. The standard InChI is InChI=1S/C13H17ClN2O/c1-9-12(7-4-8-15-9)16-13(17)10-5-2-3-6-11(10)14/h2-3,5-6,9,12,15H,4,7-8H2,1H3,(H,16,17). The Bertz CT molecular complexity index is 408. The summed E-state index contributed by atoms with van der Waals surface area (Å²) in [6, 6.07) is 7.63. The van der Waals surface area contributed by atoms with Gasteiger partial charge >= 0.3 is 0 Å². The van der Waals surface area contributed by atoms with Gasteiger partial charge in [0.2, 0.25) is 0 Å². The number of nitrogens with one attached hydrogen (secondary N) is 2. The summed E-state index contributed by atoms with van der Waals surface area (Å²) in [5.74, 6) is -0.0869. The van der Waals surface area contributed by atoms with Crippen molar-refractivity contribution in [3.05, 3.63) is 34.9 Å². The van der Waals surface area contributed by atoms with Crippen LogP contribution in [0.1, 0.15) is 30.1 Å². The van der Waals surface area contributed by atoms with Gasteiger partial charge in [-0.1, -0.05) is 23.7 Å². The van der Waals surface area contributed by atoms with Gasteiger partial charge in [0, 0.05) is 12.1 Å². The Kier molecular flexibility index (Phi) is 4.02. The van der Waals surface area contributed by atoms with Crippen LogP contribution in [0.25, 0.3) is 0 Å². The summed E-state index contributed by atoms with van der Waals surface area (Å²) in [6.45, 7) is 3.12. The average molecular weight is 253 g/mol. The Morgan fingerprint density at radius 2 is 2.24 bits per heavy atom. The fourth-order valence-electron chi connectivity index (χ4n) is 2.13. The van der Waals surface area contributed by atoms with E-state index in [1.54, 1.807) is 12.1 Å². The van der Waals surface area contributed by atoms with Crippen molar-refractivity contribution in [3.8, 4) is 0 Å². The lowest BCUT2D eigenvalue weighted by Crippen LogP contribution is -2.51. The topological polar surface area (TPSA) is 41.1 Å². The van der Waals surface area contributed by atoms with Gasteiger partial charge in [0.15, 0.2) is 0 Å². The van der Waals surface area contributed by atoms with Crippen LogP contribution >= 0.6 is 11.6 Å². The monoisotopic (exact) mass is 252 g/mol. The molecule has 92 valence electrons. The van der Waals surface area contributed by atoms with Crippen molar-refractivity contribution in [2.45, 2.75) is 31.8 Å². The van der Waals surface area contributed by atoms with Crippen LogP contribution in [0.2, 0.25) is 5.02 Å². The first kappa shape index (κ1) is 12.4. The molecule has 1 aromatic rings. The Morgan fingerprint density at radius 3 is 2.94 bits per heavy atom. The molecule has 1 aliphatic heterocycles. The Labute approximate surface area is 107 Å². The van der Waals surface area contributed by atoms with E-state index < -0.39 is 0 Å². The second-order valence-corrected chi connectivity index (χ2v) is 4.85. The molecule has 3 nitrogen and oxygen atoms in total. The molecular formula is C13H17ClN2O. The zero-order valence-corrected chi connectivity index (χ0v) is 10.6. The number of piperidine rings is 1. The molecule has 17 heavy (non-hydrogen) atoms. The Hall–Kier alpha value is -1.06. The normalized spacial score (nSPS) is 24.4. The summed E-state index contributed by atoms with van der Waals surface area (Å²) in [5, 5.41) is 6.90. The summed E-state index contributed by atoms with van der Waals surface area (Å²) in [6.07, 6.45) is 2.11. The largest absolute Gasteiger partial charge is 0.348 e. The first-order valence-corrected chi connectivity index (χ1v) is 6.35. The van der Waals surface area contributed by atoms with Crippen LogP contribution in [-0.4, -0.2) is 24.5 Å². The molecule has 1 fully saturated rings. The first-order valence-electron chi connectivity index (χ1n) is 5.97. The molecule has 4 heteroatoms. The number of hydrogen-bond donors (Lipinski definition) is 2. The molecule has 1 amide bonds. The van der Waals surface area contributed by atoms with E-state index in [1.165, 1.54) is 0 Å². The molecule has 2 rings (SSSR count). The summed E-state index contributed by atoms with van der Waals surface area (Å²) >= 11 is 6.00. The van der Waals surface area contributed by atoms with Crippen LogP contribution in [0.3, 0.4) is 0 Å². The number of halogens is 1. The van der Waals surface area contributed by atoms with Crippen molar-refractivity contribution in [1.29, 1.82) is 0 Å². The minimum atomic E-state index is -0.0869. The molecule has 1 saturated heterocycles. The first-order chi connectivity index (χ1) is 8.18. The highest BCUT2D eigenvalue weighted by Crippen LogP contribution is 2.16. The highest BCUT2D eigenvalue weighted by molar-refractivity contribution is 6.33. The Balaban J connectivity index is 2.04. The van der Waals surface area contributed by atoms with Crippen molar-refractivity contribution in [1.82, 2.24) is 10.6 Å². The van der Waals surface area contributed by atoms with E-state index in [9.17, 15) is 4.79 Å². The van der Waals surface area contributed by atoms with Crippen LogP contribution < -0.4 is 10.6 Å². The van der Waals surface area contributed by atoms with Crippen LogP contribution in [0.15, 0.2) is 24.3 Å². The Morgan fingerprint density at radius 1 is 1.47 bits per heavy atom. The van der Waals surface area contributed by atoms with Crippen molar-refractivity contribution < 1.29 is 4.79 Å². The van der Waals surface area contributed by atoms with Gasteiger partial charge in [0.1, 0.15) is 0 Å². The predicted octanol–water partition coefficient (Wildman–Crippen LogP) is 2.21. The van der Waals surface area contributed by atoms with Gasteiger partial charge in [0.25, 0.3) is 5.91 Å². The third-order valence-electron chi connectivity index (χ3n) is 3.20.